The molecule has 1 saturated carbocycles. The molecule has 3 heterocycles. The number of anilines is 1. The molecule has 1 aliphatic heterocycles. The smallest absolute Gasteiger partial charge is 0.410 e. The van der Waals surface area contributed by atoms with Crippen LogP contribution >= 0.6 is 0 Å². The van der Waals surface area contributed by atoms with Crippen molar-refractivity contribution in [3.63, 3.8) is 0 Å². The Morgan fingerprint density at radius 3 is 2.43 bits per heavy atom. The minimum atomic E-state index is -0.441. The van der Waals surface area contributed by atoms with E-state index in [1.165, 1.54) is 0 Å². The number of aromatic nitrogens is 4. The van der Waals surface area contributed by atoms with E-state index in [1.807, 2.05) is 62.7 Å². The van der Waals surface area contributed by atoms with Crippen molar-refractivity contribution in [2.45, 2.75) is 65.0 Å². The lowest BCUT2D eigenvalue weighted by molar-refractivity contribution is -0.00863. The highest BCUT2D eigenvalue weighted by Crippen LogP contribution is 2.50. The first-order valence-electron chi connectivity index (χ1n) is 10.7. The maximum absolute atomic E-state index is 12.3. The van der Waals surface area contributed by atoms with Gasteiger partial charge >= 0.3 is 6.09 Å². The second-order valence-corrected chi connectivity index (χ2v) is 9.82. The van der Waals surface area contributed by atoms with E-state index in [1.54, 1.807) is 0 Å². The van der Waals surface area contributed by atoms with Crippen LogP contribution in [0, 0.1) is 12.3 Å². The van der Waals surface area contributed by atoms with Gasteiger partial charge in [0.05, 0.1) is 11.9 Å². The van der Waals surface area contributed by atoms with E-state index in [0.717, 1.165) is 61.5 Å². The zero-order valence-corrected chi connectivity index (χ0v) is 18.6. The lowest BCUT2D eigenvalue weighted by Crippen LogP contribution is -2.53. The Kier molecular flexibility index (Phi) is 5.20. The van der Waals surface area contributed by atoms with Gasteiger partial charge in [0, 0.05) is 26.2 Å². The molecule has 162 valence electrons. The second-order valence-electron chi connectivity index (χ2n) is 9.82. The van der Waals surface area contributed by atoms with E-state index < -0.39 is 5.60 Å². The molecule has 2 aliphatic rings. The van der Waals surface area contributed by atoms with E-state index in [2.05, 4.69) is 20.6 Å². The van der Waals surface area contributed by atoms with Gasteiger partial charge in [0.15, 0.2) is 0 Å². The van der Waals surface area contributed by atoms with Gasteiger partial charge in [-0.05, 0) is 76.5 Å². The van der Waals surface area contributed by atoms with E-state index in [0.29, 0.717) is 11.5 Å². The summed E-state index contributed by atoms with van der Waals surface area (Å²) in [6.45, 7) is 9.31. The van der Waals surface area contributed by atoms with Crippen LogP contribution in [0.15, 0.2) is 18.3 Å². The first kappa shape index (κ1) is 20.6. The standard InChI is InChI=1S/C22H32N6O2/c1-15-14-23-27(5)19(15)17-6-7-18(26-25-17)24-16-12-22(13-16)8-10-28(11-9-22)20(29)30-21(2,3)4/h6-7,14,16H,8-13H2,1-5H3,(H,24,26). The van der Waals surface area contributed by atoms with Gasteiger partial charge in [0.2, 0.25) is 0 Å². The van der Waals surface area contributed by atoms with E-state index >= 15 is 0 Å². The fraction of sp³-hybridized carbons (Fsp3) is 0.636. The van der Waals surface area contributed by atoms with Crippen LogP contribution in [-0.4, -0.2) is 55.7 Å². The fourth-order valence-electron chi connectivity index (χ4n) is 4.65. The Hall–Kier alpha value is -2.64. The van der Waals surface area contributed by atoms with Crippen molar-refractivity contribution in [2.75, 3.05) is 18.4 Å². The zero-order valence-electron chi connectivity index (χ0n) is 18.6. The summed E-state index contributed by atoms with van der Waals surface area (Å²) in [5.41, 5.74) is 2.82. The Morgan fingerprint density at radius 1 is 1.20 bits per heavy atom. The van der Waals surface area contributed by atoms with Crippen LogP contribution in [0.4, 0.5) is 10.6 Å². The number of aryl methyl sites for hydroxylation is 2. The molecule has 0 atom stereocenters. The summed E-state index contributed by atoms with van der Waals surface area (Å²) in [6.07, 6.45) is 5.94. The number of likely N-dealkylation sites (tertiary alicyclic amines) is 1. The number of hydrogen-bond donors (Lipinski definition) is 1. The molecular formula is C22H32N6O2. The van der Waals surface area contributed by atoms with Gasteiger partial charge < -0.3 is 15.0 Å². The molecule has 1 saturated heterocycles. The van der Waals surface area contributed by atoms with Gasteiger partial charge in [0.1, 0.15) is 17.1 Å². The molecule has 1 aliphatic carbocycles. The van der Waals surface area contributed by atoms with Gasteiger partial charge in [-0.2, -0.15) is 5.10 Å². The topological polar surface area (TPSA) is 85.2 Å². The maximum Gasteiger partial charge on any atom is 0.410 e. The quantitative estimate of drug-likeness (QED) is 0.826. The highest BCUT2D eigenvalue weighted by molar-refractivity contribution is 5.68. The highest BCUT2D eigenvalue weighted by atomic mass is 16.6. The summed E-state index contributed by atoms with van der Waals surface area (Å²) in [5.74, 6) is 0.810. The molecule has 1 N–H and O–H groups in total. The van der Waals surface area contributed by atoms with E-state index in [4.69, 9.17) is 4.74 Å². The van der Waals surface area contributed by atoms with Crippen LogP contribution < -0.4 is 5.32 Å². The molecule has 0 bridgehead atoms. The van der Waals surface area contributed by atoms with Gasteiger partial charge in [0.25, 0.3) is 0 Å². The van der Waals surface area contributed by atoms with Crippen molar-refractivity contribution in [1.29, 1.82) is 0 Å². The van der Waals surface area contributed by atoms with Crippen LogP contribution in [0.25, 0.3) is 11.4 Å². The van der Waals surface area contributed by atoms with Crippen molar-refractivity contribution < 1.29 is 9.53 Å². The summed E-state index contributed by atoms with van der Waals surface area (Å²) in [6, 6.07) is 4.40. The van der Waals surface area contributed by atoms with Crippen molar-refractivity contribution in [2.24, 2.45) is 12.5 Å². The van der Waals surface area contributed by atoms with Crippen LogP contribution in [-0.2, 0) is 11.8 Å². The molecule has 2 aromatic rings. The summed E-state index contributed by atoms with van der Waals surface area (Å²) < 4.78 is 7.33. The summed E-state index contributed by atoms with van der Waals surface area (Å²) in [5, 5.41) is 16.5. The van der Waals surface area contributed by atoms with Crippen LogP contribution in [0.2, 0.25) is 0 Å². The number of nitrogens with zero attached hydrogens (tertiary/aromatic N) is 5. The number of piperidine rings is 1. The molecule has 1 spiro atoms. The average molecular weight is 413 g/mol. The predicted molar refractivity (Wildman–Crippen MR) is 115 cm³/mol. The summed E-state index contributed by atoms with van der Waals surface area (Å²) >= 11 is 0. The number of amides is 1. The van der Waals surface area contributed by atoms with E-state index in [9.17, 15) is 4.79 Å². The number of rotatable bonds is 3. The molecule has 1 amide bonds. The molecular weight excluding hydrogens is 380 g/mol. The largest absolute Gasteiger partial charge is 0.444 e. The Bertz CT molecular complexity index is 879. The minimum absolute atomic E-state index is 0.189. The van der Waals surface area contributed by atoms with Gasteiger partial charge in [-0.1, -0.05) is 0 Å². The van der Waals surface area contributed by atoms with Crippen molar-refractivity contribution >= 4 is 11.9 Å². The molecule has 8 nitrogen and oxygen atoms in total. The van der Waals surface area contributed by atoms with Crippen molar-refractivity contribution in [3.8, 4) is 11.4 Å². The third-order valence-electron chi connectivity index (χ3n) is 6.22. The van der Waals surface area contributed by atoms with Gasteiger partial charge in [-0.25, -0.2) is 4.79 Å². The molecule has 2 fully saturated rings. The average Bonchev–Trinajstić information content (AvgIpc) is 2.99. The van der Waals surface area contributed by atoms with Gasteiger partial charge in [-0.15, -0.1) is 10.2 Å². The Balaban J connectivity index is 1.27. The molecule has 0 radical (unpaired) electrons. The number of nitrogens with one attached hydrogen (secondary N) is 1. The molecule has 4 rings (SSSR count). The Labute approximate surface area is 178 Å². The van der Waals surface area contributed by atoms with Crippen LogP contribution in [0.1, 0.15) is 52.0 Å². The first-order valence-corrected chi connectivity index (χ1v) is 10.7. The third-order valence-corrected chi connectivity index (χ3v) is 6.22. The van der Waals surface area contributed by atoms with Gasteiger partial charge in [-0.3, -0.25) is 4.68 Å². The maximum atomic E-state index is 12.3. The van der Waals surface area contributed by atoms with Crippen LogP contribution in [0.5, 0.6) is 0 Å². The van der Waals surface area contributed by atoms with Crippen LogP contribution in [0.3, 0.4) is 0 Å². The van der Waals surface area contributed by atoms with Crippen molar-refractivity contribution in [1.82, 2.24) is 24.9 Å². The monoisotopic (exact) mass is 412 g/mol. The predicted octanol–water partition coefficient (Wildman–Crippen LogP) is 3.78. The lowest BCUT2D eigenvalue weighted by atomic mass is 9.60. The number of carbonyl (C=O) groups is 1. The first-order chi connectivity index (χ1) is 14.1. The molecule has 0 unspecified atom stereocenters. The minimum Gasteiger partial charge on any atom is -0.444 e. The Morgan fingerprint density at radius 2 is 1.90 bits per heavy atom. The summed E-state index contributed by atoms with van der Waals surface area (Å²) in [7, 11) is 1.91. The second kappa shape index (κ2) is 7.56. The SMILES string of the molecule is Cc1cnn(C)c1-c1ccc(NC2CC3(CCN(C(=O)OC(C)(C)C)CC3)C2)nn1. The summed E-state index contributed by atoms with van der Waals surface area (Å²) in [4.78, 5) is 14.1. The third kappa shape index (κ3) is 4.27. The lowest BCUT2D eigenvalue weighted by Gasteiger charge is -2.52. The number of carbonyl (C=O) groups excluding carboxylic acids is 1. The highest BCUT2D eigenvalue weighted by Gasteiger charge is 2.46. The zero-order chi connectivity index (χ0) is 21.5. The molecule has 30 heavy (non-hydrogen) atoms. The molecule has 0 aromatic carbocycles. The van der Waals surface area contributed by atoms with Crippen molar-refractivity contribution in [3.05, 3.63) is 23.9 Å². The molecule has 8 heteroatoms. The number of ether oxygens (including phenoxy) is 1. The van der Waals surface area contributed by atoms with E-state index in [-0.39, 0.29) is 6.09 Å². The molecule has 2 aromatic heterocycles. The normalized spacial score (nSPS) is 18.9. The fourth-order valence-corrected chi connectivity index (χ4v) is 4.65. The number of hydrogen-bond acceptors (Lipinski definition) is 6.